The fourth-order valence-electron chi connectivity index (χ4n) is 3.43. The zero-order valence-corrected chi connectivity index (χ0v) is 19.9. The van der Waals surface area contributed by atoms with Crippen LogP contribution in [0.5, 0.6) is 5.75 Å². The first-order valence-electron chi connectivity index (χ1n) is 10.0. The van der Waals surface area contributed by atoms with Crippen LogP contribution in [0.1, 0.15) is 5.56 Å². The molecule has 1 fully saturated rings. The number of amides is 1. The lowest BCUT2D eigenvalue weighted by Gasteiger charge is -2.37. The second-order valence-electron chi connectivity index (χ2n) is 7.05. The van der Waals surface area contributed by atoms with E-state index in [1.807, 2.05) is 36.4 Å². The molecule has 1 aliphatic heterocycles. The second-order valence-corrected chi connectivity index (χ2v) is 7.05. The van der Waals surface area contributed by atoms with E-state index in [9.17, 15) is 9.18 Å². The molecule has 0 aliphatic carbocycles. The number of anilines is 1. The quantitative estimate of drug-likeness (QED) is 0.319. The van der Waals surface area contributed by atoms with Crippen LogP contribution in [0, 0.1) is 5.82 Å². The standard InChI is InChI=1S/C22H28FN5O2.HI/c1-25-22(26-11-10-17-6-8-18(9-7-17)30-16-21(24)29)28-14-12-27(13-15-28)20-5-3-2-4-19(20)23;/h2-9H,10-16H2,1H3,(H2,24,29)(H,25,26);1H. The number of hydrogen-bond donors (Lipinski definition) is 2. The molecule has 9 heteroatoms. The van der Waals surface area contributed by atoms with Crippen molar-refractivity contribution in [3.05, 3.63) is 59.9 Å². The first-order valence-corrected chi connectivity index (χ1v) is 10.0. The van der Waals surface area contributed by atoms with Crippen molar-refractivity contribution in [2.75, 3.05) is 51.3 Å². The molecule has 1 aliphatic rings. The van der Waals surface area contributed by atoms with Crippen molar-refractivity contribution in [1.29, 1.82) is 0 Å². The van der Waals surface area contributed by atoms with Gasteiger partial charge in [0.1, 0.15) is 11.6 Å². The van der Waals surface area contributed by atoms with Crippen LogP contribution in [0.15, 0.2) is 53.5 Å². The Kier molecular flexibility index (Phi) is 9.83. The summed E-state index contributed by atoms with van der Waals surface area (Å²) >= 11 is 0. The monoisotopic (exact) mass is 541 g/mol. The Morgan fingerprint density at radius 2 is 1.81 bits per heavy atom. The zero-order chi connectivity index (χ0) is 21.3. The van der Waals surface area contributed by atoms with E-state index in [0.29, 0.717) is 11.4 Å². The van der Waals surface area contributed by atoms with Crippen molar-refractivity contribution < 1.29 is 13.9 Å². The maximum atomic E-state index is 14.0. The van der Waals surface area contributed by atoms with Crippen LogP contribution in [0.25, 0.3) is 0 Å². The van der Waals surface area contributed by atoms with Gasteiger partial charge in [0.25, 0.3) is 5.91 Å². The third-order valence-corrected chi connectivity index (χ3v) is 4.99. The molecule has 168 valence electrons. The molecule has 0 spiro atoms. The molecule has 0 atom stereocenters. The van der Waals surface area contributed by atoms with Crippen LogP contribution in [0.3, 0.4) is 0 Å². The summed E-state index contributed by atoms with van der Waals surface area (Å²) < 4.78 is 19.3. The summed E-state index contributed by atoms with van der Waals surface area (Å²) in [4.78, 5) is 19.4. The van der Waals surface area contributed by atoms with Gasteiger partial charge in [-0.15, -0.1) is 24.0 Å². The fourth-order valence-corrected chi connectivity index (χ4v) is 3.43. The first-order chi connectivity index (χ1) is 14.6. The number of aliphatic imine (C=N–C) groups is 1. The Labute approximate surface area is 199 Å². The summed E-state index contributed by atoms with van der Waals surface area (Å²) in [6, 6.07) is 14.5. The van der Waals surface area contributed by atoms with Gasteiger partial charge in [-0.3, -0.25) is 9.79 Å². The van der Waals surface area contributed by atoms with Crippen molar-refractivity contribution in [1.82, 2.24) is 10.2 Å². The van der Waals surface area contributed by atoms with Gasteiger partial charge < -0.3 is 25.6 Å². The second kappa shape index (κ2) is 12.3. The summed E-state index contributed by atoms with van der Waals surface area (Å²) in [6.45, 7) is 3.66. The lowest BCUT2D eigenvalue weighted by Crippen LogP contribution is -2.53. The van der Waals surface area contributed by atoms with Gasteiger partial charge in [-0.2, -0.15) is 0 Å². The Balaban J connectivity index is 0.00000341. The van der Waals surface area contributed by atoms with Crippen molar-refractivity contribution in [3.63, 3.8) is 0 Å². The number of nitrogens with two attached hydrogens (primary N) is 1. The number of nitrogens with zero attached hydrogens (tertiary/aromatic N) is 3. The fraction of sp³-hybridized carbons (Fsp3) is 0.364. The molecule has 2 aromatic carbocycles. The molecule has 1 amide bonds. The Morgan fingerprint density at radius 1 is 1.13 bits per heavy atom. The maximum absolute atomic E-state index is 14.0. The molecule has 3 rings (SSSR count). The first kappa shape index (κ1) is 24.7. The Hall–Kier alpha value is -2.56. The number of piperazine rings is 1. The molecule has 1 heterocycles. The lowest BCUT2D eigenvalue weighted by atomic mass is 10.1. The molecule has 31 heavy (non-hydrogen) atoms. The van der Waals surface area contributed by atoms with E-state index >= 15 is 0 Å². The minimum Gasteiger partial charge on any atom is -0.484 e. The van der Waals surface area contributed by atoms with E-state index in [1.54, 1.807) is 13.1 Å². The topological polar surface area (TPSA) is 83.2 Å². The van der Waals surface area contributed by atoms with Crippen molar-refractivity contribution >= 4 is 41.5 Å². The Bertz CT molecular complexity index is 870. The molecule has 0 aromatic heterocycles. The summed E-state index contributed by atoms with van der Waals surface area (Å²) in [5.41, 5.74) is 6.88. The normalized spacial score (nSPS) is 14.1. The molecule has 3 N–H and O–H groups in total. The summed E-state index contributed by atoms with van der Waals surface area (Å²) in [5.74, 6) is 0.794. The van der Waals surface area contributed by atoms with Crippen LogP contribution in [-0.4, -0.2) is 63.1 Å². The number of guanidine groups is 1. The van der Waals surface area contributed by atoms with Gasteiger partial charge in [0, 0.05) is 39.8 Å². The highest BCUT2D eigenvalue weighted by atomic mass is 127. The van der Waals surface area contributed by atoms with E-state index in [2.05, 4.69) is 20.1 Å². The summed E-state index contributed by atoms with van der Waals surface area (Å²) in [5, 5.41) is 3.40. The minimum atomic E-state index is -0.496. The van der Waals surface area contributed by atoms with Gasteiger partial charge >= 0.3 is 0 Å². The van der Waals surface area contributed by atoms with Crippen molar-refractivity contribution in [2.24, 2.45) is 10.7 Å². The maximum Gasteiger partial charge on any atom is 0.255 e. The van der Waals surface area contributed by atoms with Gasteiger partial charge in [0.05, 0.1) is 5.69 Å². The number of primary amides is 1. The SMILES string of the molecule is CN=C(NCCc1ccc(OCC(N)=O)cc1)N1CCN(c2ccccc2F)CC1.I. The number of carbonyl (C=O) groups is 1. The van der Waals surface area contributed by atoms with Gasteiger partial charge in [-0.1, -0.05) is 24.3 Å². The summed E-state index contributed by atoms with van der Waals surface area (Å²) in [6.07, 6.45) is 0.824. The number of hydrogen-bond acceptors (Lipinski definition) is 4. The van der Waals surface area contributed by atoms with E-state index < -0.39 is 5.91 Å². The number of para-hydroxylation sites is 1. The molecular formula is C22H29FIN5O2. The van der Waals surface area contributed by atoms with Crippen LogP contribution in [-0.2, 0) is 11.2 Å². The molecule has 1 saturated heterocycles. The number of rotatable bonds is 7. The number of benzene rings is 2. The van der Waals surface area contributed by atoms with E-state index in [0.717, 1.165) is 50.7 Å². The number of ether oxygens (including phenoxy) is 1. The average molecular weight is 541 g/mol. The molecule has 7 nitrogen and oxygen atoms in total. The third-order valence-electron chi connectivity index (χ3n) is 4.99. The lowest BCUT2D eigenvalue weighted by molar-refractivity contribution is -0.119. The predicted molar refractivity (Wildman–Crippen MR) is 132 cm³/mol. The predicted octanol–water partition coefficient (Wildman–Crippen LogP) is 2.25. The largest absolute Gasteiger partial charge is 0.484 e. The zero-order valence-electron chi connectivity index (χ0n) is 17.6. The van der Waals surface area contributed by atoms with E-state index in [-0.39, 0.29) is 36.4 Å². The van der Waals surface area contributed by atoms with Crippen LogP contribution in [0.4, 0.5) is 10.1 Å². The summed E-state index contributed by atoms with van der Waals surface area (Å²) in [7, 11) is 1.77. The van der Waals surface area contributed by atoms with Gasteiger partial charge in [-0.05, 0) is 36.2 Å². The van der Waals surface area contributed by atoms with E-state index in [4.69, 9.17) is 10.5 Å². The number of nitrogens with one attached hydrogen (secondary N) is 1. The van der Waals surface area contributed by atoms with Gasteiger partial charge in [-0.25, -0.2) is 4.39 Å². The average Bonchev–Trinajstić information content (AvgIpc) is 2.77. The van der Waals surface area contributed by atoms with Crippen molar-refractivity contribution in [2.45, 2.75) is 6.42 Å². The molecule has 2 aromatic rings. The molecule has 0 radical (unpaired) electrons. The molecule has 0 unspecified atom stereocenters. The third kappa shape index (κ3) is 7.27. The van der Waals surface area contributed by atoms with Gasteiger partial charge in [0.15, 0.2) is 12.6 Å². The molecular weight excluding hydrogens is 512 g/mol. The minimum absolute atomic E-state index is 0. The van der Waals surface area contributed by atoms with Crippen LogP contribution < -0.4 is 20.7 Å². The number of halogens is 2. The molecule has 0 saturated carbocycles. The highest BCUT2D eigenvalue weighted by molar-refractivity contribution is 14.0. The molecule has 0 bridgehead atoms. The van der Waals surface area contributed by atoms with E-state index in [1.165, 1.54) is 6.07 Å². The van der Waals surface area contributed by atoms with Gasteiger partial charge in [0.2, 0.25) is 0 Å². The highest BCUT2D eigenvalue weighted by Crippen LogP contribution is 2.20. The Morgan fingerprint density at radius 3 is 2.42 bits per heavy atom. The van der Waals surface area contributed by atoms with Crippen molar-refractivity contribution in [3.8, 4) is 5.75 Å². The van der Waals surface area contributed by atoms with Crippen LogP contribution >= 0.6 is 24.0 Å². The smallest absolute Gasteiger partial charge is 0.255 e. The van der Waals surface area contributed by atoms with Crippen LogP contribution in [0.2, 0.25) is 0 Å². The highest BCUT2D eigenvalue weighted by Gasteiger charge is 2.21. The number of carbonyl (C=O) groups excluding carboxylic acids is 1.